The van der Waals surface area contributed by atoms with E-state index < -0.39 is 0 Å². The highest BCUT2D eigenvalue weighted by molar-refractivity contribution is 5.94. The number of hydrogen-bond acceptors (Lipinski definition) is 5. The molecule has 4 aromatic heterocycles. The number of hydrogen-bond donors (Lipinski definition) is 3. The van der Waals surface area contributed by atoms with Crippen LogP contribution >= 0.6 is 0 Å². The molecule has 0 radical (unpaired) electrons. The van der Waals surface area contributed by atoms with Gasteiger partial charge in [0.1, 0.15) is 11.3 Å². The summed E-state index contributed by atoms with van der Waals surface area (Å²) in [6, 6.07) is 10.9. The van der Waals surface area contributed by atoms with Gasteiger partial charge in [-0.2, -0.15) is 5.10 Å². The van der Waals surface area contributed by atoms with Gasteiger partial charge >= 0.3 is 0 Å². The summed E-state index contributed by atoms with van der Waals surface area (Å²) in [7, 11) is 0. The van der Waals surface area contributed by atoms with Crippen molar-refractivity contribution < 1.29 is 4.39 Å². The Bertz CT molecular complexity index is 1490. The van der Waals surface area contributed by atoms with Gasteiger partial charge in [0, 0.05) is 18.3 Å². The molecule has 0 saturated carbocycles. The smallest absolute Gasteiger partial charge is 0.178 e. The van der Waals surface area contributed by atoms with Gasteiger partial charge in [0.2, 0.25) is 0 Å². The molecule has 32 heavy (non-hydrogen) atoms. The third-order valence-electron chi connectivity index (χ3n) is 5.77. The van der Waals surface area contributed by atoms with Crippen molar-refractivity contribution >= 4 is 27.8 Å². The highest BCUT2D eigenvalue weighted by Crippen LogP contribution is 2.31. The van der Waals surface area contributed by atoms with E-state index in [-0.39, 0.29) is 5.82 Å². The van der Waals surface area contributed by atoms with Crippen LogP contribution in [0, 0.1) is 12.7 Å². The number of aryl methyl sites for hydroxylation is 1. The Labute approximate surface area is 182 Å². The molecule has 0 amide bonds. The number of rotatable bonds is 3. The zero-order valence-corrected chi connectivity index (χ0v) is 17.4. The number of benzene rings is 1. The lowest BCUT2D eigenvalue weighted by Gasteiger charge is -2.13. The third-order valence-corrected chi connectivity index (χ3v) is 5.77. The molecule has 5 aromatic rings. The van der Waals surface area contributed by atoms with E-state index in [1.54, 1.807) is 6.20 Å². The van der Waals surface area contributed by atoms with Crippen LogP contribution in [-0.4, -0.2) is 43.2 Å². The lowest BCUT2D eigenvalue weighted by atomic mass is 10.0. The molecule has 0 saturated heterocycles. The fourth-order valence-corrected chi connectivity index (χ4v) is 4.25. The first-order valence-corrected chi connectivity index (χ1v) is 10.5. The summed E-state index contributed by atoms with van der Waals surface area (Å²) in [6.45, 7) is 3.67. The van der Waals surface area contributed by atoms with Gasteiger partial charge in [0.15, 0.2) is 17.2 Å². The maximum atomic E-state index is 14.0. The predicted molar refractivity (Wildman–Crippen MR) is 122 cm³/mol. The molecular formula is C24H20FN7. The Morgan fingerprint density at radius 3 is 2.84 bits per heavy atom. The van der Waals surface area contributed by atoms with Crippen LogP contribution in [0.5, 0.6) is 0 Å². The fourth-order valence-electron chi connectivity index (χ4n) is 4.25. The molecule has 5 heterocycles. The quantitative estimate of drug-likeness (QED) is 0.399. The van der Waals surface area contributed by atoms with Crippen molar-refractivity contribution in [2.75, 3.05) is 13.1 Å². The van der Waals surface area contributed by atoms with E-state index in [0.717, 1.165) is 58.4 Å². The number of halogens is 1. The number of aromatic nitrogens is 6. The Hall–Kier alpha value is -3.91. The van der Waals surface area contributed by atoms with Crippen LogP contribution in [0.1, 0.15) is 17.7 Å². The monoisotopic (exact) mass is 425 g/mol. The molecule has 1 aromatic carbocycles. The highest BCUT2D eigenvalue weighted by Gasteiger charge is 2.18. The second-order valence-electron chi connectivity index (χ2n) is 8.01. The molecule has 158 valence electrons. The lowest BCUT2D eigenvalue weighted by molar-refractivity contribution is 0.627. The maximum absolute atomic E-state index is 14.0. The van der Waals surface area contributed by atoms with Crippen molar-refractivity contribution in [2.24, 2.45) is 0 Å². The lowest BCUT2D eigenvalue weighted by Crippen LogP contribution is -2.20. The Morgan fingerprint density at radius 2 is 2.00 bits per heavy atom. The van der Waals surface area contributed by atoms with Gasteiger partial charge in [-0.15, -0.1) is 0 Å². The molecule has 8 heteroatoms. The maximum Gasteiger partial charge on any atom is 0.178 e. The molecule has 1 aliphatic rings. The van der Waals surface area contributed by atoms with Gasteiger partial charge in [-0.05, 0) is 66.9 Å². The van der Waals surface area contributed by atoms with Crippen molar-refractivity contribution in [1.82, 2.24) is 35.5 Å². The predicted octanol–water partition coefficient (Wildman–Crippen LogP) is 4.39. The zero-order valence-electron chi connectivity index (χ0n) is 17.4. The summed E-state index contributed by atoms with van der Waals surface area (Å²) in [4.78, 5) is 17.3. The van der Waals surface area contributed by atoms with Crippen LogP contribution in [0.4, 0.5) is 4.39 Å². The second-order valence-corrected chi connectivity index (χ2v) is 8.01. The van der Waals surface area contributed by atoms with Crippen LogP contribution < -0.4 is 5.32 Å². The van der Waals surface area contributed by atoms with Crippen molar-refractivity contribution in [3.05, 3.63) is 65.7 Å². The minimum Gasteiger partial charge on any atom is -0.335 e. The summed E-state index contributed by atoms with van der Waals surface area (Å²) in [5, 5.41) is 10.9. The Kier molecular flexibility index (Phi) is 4.32. The Balaban J connectivity index is 1.49. The van der Waals surface area contributed by atoms with Crippen molar-refractivity contribution in [3.8, 4) is 22.6 Å². The Morgan fingerprint density at radius 1 is 1.06 bits per heavy atom. The number of nitrogens with one attached hydrogen (secondary N) is 3. The van der Waals surface area contributed by atoms with Crippen LogP contribution in [0.3, 0.4) is 0 Å². The normalized spacial score (nSPS) is 14.2. The number of fused-ring (bicyclic) bond motifs is 2. The van der Waals surface area contributed by atoms with Crippen molar-refractivity contribution in [3.63, 3.8) is 0 Å². The molecule has 0 unspecified atom stereocenters. The van der Waals surface area contributed by atoms with Crippen molar-refractivity contribution in [2.45, 2.75) is 13.3 Å². The third kappa shape index (κ3) is 3.16. The van der Waals surface area contributed by atoms with Crippen LogP contribution in [0.2, 0.25) is 0 Å². The van der Waals surface area contributed by atoms with Gasteiger partial charge < -0.3 is 10.3 Å². The van der Waals surface area contributed by atoms with Crippen LogP contribution in [0.15, 0.2) is 48.7 Å². The van der Waals surface area contributed by atoms with Gasteiger partial charge in [-0.1, -0.05) is 12.1 Å². The second kappa shape index (κ2) is 7.35. The number of aromatic amines is 2. The summed E-state index contributed by atoms with van der Waals surface area (Å²) in [5.41, 5.74) is 8.16. The molecule has 0 aliphatic carbocycles. The number of imidazole rings is 1. The fraction of sp³-hybridized carbons (Fsp3) is 0.167. The molecule has 0 atom stereocenters. The van der Waals surface area contributed by atoms with E-state index in [0.29, 0.717) is 17.2 Å². The molecular weight excluding hydrogens is 405 g/mol. The number of nitrogens with zero attached hydrogens (tertiary/aromatic N) is 4. The zero-order chi connectivity index (χ0) is 21.7. The van der Waals surface area contributed by atoms with E-state index in [9.17, 15) is 4.39 Å². The average molecular weight is 425 g/mol. The summed E-state index contributed by atoms with van der Waals surface area (Å²) in [5.74, 6) is 0.301. The summed E-state index contributed by atoms with van der Waals surface area (Å²) in [6.07, 6.45) is 4.80. The topological polar surface area (TPSA) is 95.2 Å². The average Bonchev–Trinajstić information content (AvgIpc) is 3.42. The molecule has 0 spiro atoms. The largest absolute Gasteiger partial charge is 0.335 e. The first-order valence-electron chi connectivity index (χ1n) is 10.5. The molecule has 0 fully saturated rings. The summed E-state index contributed by atoms with van der Waals surface area (Å²) < 4.78 is 14.0. The van der Waals surface area contributed by atoms with Gasteiger partial charge in [0.05, 0.1) is 16.7 Å². The van der Waals surface area contributed by atoms with Crippen LogP contribution in [-0.2, 0) is 0 Å². The summed E-state index contributed by atoms with van der Waals surface area (Å²) >= 11 is 0. The van der Waals surface area contributed by atoms with E-state index in [4.69, 9.17) is 4.98 Å². The standard InChI is InChI=1S/C24H20FN7/c1-13-10-15(12-16(25)11-13)17-6-9-27-23-20(17)29-24(30-23)22-21-19(31-32-22)3-2-18(28-21)14-4-7-26-8-5-14/h2-4,6,9-12,26H,5,7-8H2,1H3,(H,31,32)(H,27,29,30). The van der Waals surface area contributed by atoms with Gasteiger partial charge in [-0.25, -0.2) is 19.3 Å². The van der Waals surface area contributed by atoms with E-state index in [1.165, 1.54) is 17.7 Å². The molecule has 1 aliphatic heterocycles. The van der Waals surface area contributed by atoms with Crippen LogP contribution in [0.25, 0.3) is 50.4 Å². The van der Waals surface area contributed by atoms with E-state index >= 15 is 0 Å². The molecule has 3 N–H and O–H groups in total. The molecule has 0 bridgehead atoms. The SMILES string of the molecule is Cc1cc(F)cc(-c2ccnc3nc(-c4n[nH]c5ccc(C6=CCNCC6)nc45)[nH]c23)c1. The minimum absolute atomic E-state index is 0.271. The van der Waals surface area contributed by atoms with Gasteiger partial charge in [-0.3, -0.25) is 5.10 Å². The minimum atomic E-state index is -0.271. The number of pyridine rings is 2. The molecule has 6 rings (SSSR count). The first kappa shape index (κ1) is 18.8. The van der Waals surface area contributed by atoms with E-state index in [1.807, 2.05) is 31.2 Å². The van der Waals surface area contributed by atoms with Gasteiger partial charge in [0.25, 0.3) is 0 Å². The number of H-pyrrole nitrogens is 2. The van der Waals surface area contributed by atoms with E-state index in [2.05, 4.69) is 36.5 Å². The molecule has 7 nitrogen and oxygen atoms in total. The first-order chi connectivity index (χ1) is 15.7. The highest BCUT2D eigenvalue weighted by atomic mass is 19.1. The van der Waals surface area contributed by atoms with Crippen molar-refractivity contribution in [1.29, 1.82) is 0 Å².